The van der Waals surface area contributed by atoms with Gasteiger partial charge in [-0.1, -0.05) is 0 Å². The lowest BCUT2D eigenvalue weighted by molar-refractivity contribution is -0.0239. The first-order valence-electron chi connectivity index (χ1n) is 7.19. The smallest absolute Gasteiger partial charge is 0.263 e. The summed E-state index contributed by atoms with van der Waals surface area (Å²) in [5.74, 6) is -0.0591. The van der Waals surface area contributed by atoms with Gasteiger partial charge in [-0.2, -0.15) is 0 Å². The Morgan fingerprint density at radius 3 is 2.87 bits per heavy atom. The van der Waals surface area contributed by atoms with Gasteiger partial charge in [0.05, 0.1) is 42.0 Å². The van der Waals surface area contributed by atoms with Crippen LogP contribution in [0.1, 0.15) is 6.04 Å². The second-order valence-corrected chi connectivity index (χ2v) is 5.33. The van der Waals surface area contributed by atoms with Crippen LogP contribution in [0.4, 0.5) is 16.0 Å². The highest BCUT2D eigenvalue weighted by Crippen LogP contribution is 2.23. The van der Waals surface area contributed by atoms with Crippen molar-refractivity contribution in [3.63, 3.8) is 0 Å². The first kappa shape index (κ1) is 13.8. The number of nitrogens with one attached hydrogen (secondary N) is 1. The fourth-order valence-corrected chi connectivity index (χ4v) is 2.54. The summed E-state index contributed by atoms with van der Waals surface area (Å²) in [6.07, 6.45) is 3.30. The van der Waals surface area contributed by atoms with Crippen molar-refractivity contribution in [2.45, 2.75) is 6.04 Å². The van der Waals surface area contributed by atoms with Crippen molar-refractivity contribution in [1.82, 2.24) is 14.5 Å². The van der Waals surface area contributed by atoms with Crippen LogP contribution in [0, 0.1) is 5.82 Å². The fourth-order valence-electron chi connectivity index (χ4n) is 2.54. The van der Waals surface area contributed by atoms with Crippen LogP contribution < -0.4 is 10.9 Å². The Kier molecular flexibility index (Phi) is 3.27. The van der Waals surface area contributed by atoms with Gasteiger partial charge in [-0.15, -0.1) is 0 Å². The van der Waals surface area contributed by atoms with E-state index in [0.717, 1.165) is 5.69 Å². The quantitative estimate of drug-likeness (QED) is 0.803. The van der Waals surface area contributed by atoms with Gasteiger partial charge in [0.25, 0.3) is 5.56 Å². The molecular weight excluding hydrogens is 299 g/mol. The number of anilines is 2. The monoisotopic (exact) mass is 312 g/mol. The van der Waals surface area contributed by atoms with Crippen molar-refractivity contribution in [3.05, 3.63) is 58.9 Å². The normalized spacial score (nSPS) is 14.7. The van der Waals surface area contributed by atoms with Crippen LogP contribution in [0.5, 0.6) is 0 Å². The largest absolute Gasteiger partial charge is 0.377 e. The van der Waals surface area contributed by atoms with Gasteiger partial charge in [0.2, 0.25) is 5.95 Å². The summed E-state index contributed by atoms with van der Waals surface area (Å²) in [5, 5.41) is 3.37. The van der Waals surface area contributed by atoms with Gasteiger partial charge in [-0.25, -0.2) is 9.37 Å². The Morgan fingerprint density at radius 2 is 2.17 bits per heavy atom. The highest BCUT2D eigenvalue weighted by molar-refractivity contribution is 5.79. The number of rotatable bonds is 3. The van der Waals surface area contributed by atoms with Gasteiger partial charge in [-0.3, -0.25) is 14.3 Å². The van der Waals surface area contributed by atoms with Crippen LogP contribution in [-0.2, 0) is 4.74 Å². The molecule has 0 atom stereocenters. The molecule has 2 aromatic heterocycles. The molecule has 23 heavy (non-hydrogen) atoms. The lowest BCUT2D eigenvalue weighted by atomic mass is 10.2. The van der Waals surface area contributed by atoms with E-state index in [4.69, 9.17) is 4.74 Å². The minimum Gasteiger partial charge on any atom is -0.377 e. The molecule has 0 amide bonds. The predicted molar refractivity (Wildman–Crippen MR) is 83.3 cm³/mol. The van der Waals surface area contributed by atoms with Gasteiger partial charge in [0, 0.05) is 6.20 Å². The van der Waals surface area contributed by atoms with E-state index in [1.165, 1.54) is 22.8 Å². The summed E-state index contributed by atoms with van der Waals surface area (Å²) >= 11 is 0. The van der Waals surface area contributed by atoms with E-state index in [2.05, 4.69) is 15.3 Å². The highest BCUT2D eigenvalue weighted by Gasteiger charge is 2.26. The minimum atomic E-state index is -0.458. The van der Waals surface area contributed by atoms with E-state index < -0.39 is 5.82 Å². The SMILES string of the molecule is O=c1c2cc(F)ccc2nc(Nc2cccnc2)n1C1COC1. The molecule has 0 radical (unpaired) electrons. The number of nitrogens with zero attached hydrogens (tertiary/aromatic N) is 3. The standard InChI is InChI=1S/C16H13FN4O2/c17-10-3-4-14-13(6-10)15(22)21(12-8-23-9-12)16(20-14)19-11-2-1-5-18-7-11/h1-7,12H,8-9H2,(H,19,20). The number of benzene rings is 1. The number of aromatic nitrogens is 3. The van der Waals surface area contributed by atoms with Crippen molar-refractivity contribution >= 4 is 22.5 Å². The molecule has 1 fully saturated rings. The minimum absolute atomic E-state index is 0.109. The Hall–Kier alpha value is -2.80. The number of hydrogen-bond donors (Lipinski definition) is 1. The molecule has 3 aromatic rings. The molecule has 0 aliphatic carbocycles. The average molecular weight is 312 g/mol. The molecule has 4 rings (SSSR count). The first-order chi connectivity index (χ1) is 11.2. The van der Waals surface area contributed by atoms with Crippen molar-refractivity contribution in [3.8, 4) is 0 Å². The molecule has 116 valence electrons. The summed E-state index contributed by atoms with van der Waals surface area (Å²) in [6.45, 7) is 0.869. The number of hydrogen-bond acceptors (Lipinski definition) is 5. The van der Waals surface area contributed by atoms with Gasteiger partial charge in [0.1, 0.15) is 5.82 Å². The summed E-state index contributed by atoms with van der Waals surface area (Å²) in [5.41, 5.74) is 0.878. The molecule has 0 saturated carbocycles. The van der Waals surface area contributed by atoms with Gasteiger partial charge >= 0.3 is 0 Å². The zero-order chi connectivity index (χ0) is 15.8. The number of pyridine rings is 1. The van der Waals surface area contributed by atoms with E-state index in [0.29, 0.717) is 24.7 Å². The molecule has 0 bridgehead atoms. The molecule has 1 aromatic carbocycles. The average Bonchev–Trinajstić information content (AvgIpc) is 2.51. The Bertz CT molecular complexity index is 923. The van der Waals surface area contributed by atoms with E-state index in [1.54, 1.807) is 18.5 Å². The molecule has 1 aliphatic rings. The van der Waals surface area contributed by atoms with Gasteiger partial charge in [0.15, 0.2) is 0 Å². The van der Waals surface area contributed by atoms with Crippen molar-refractivity contribution in [2.24, 2.45) is 0 Å². The van der Waals surface area contributed by atoms with Crippen LogP contribution in [0.25, 0.3) is 10.9 Å². The second kappa shape index (κ2) is 5.44. The summed E-state index contributed by atoms with van der Waals surface area (Å²) < 4.78 is 20.2. The maximum absolute atomic E-state index is 13.5. The van der Waals surface area contributed by atoms with E-state index in [9.17, 15) is 9.18 Å². The fraction of sp³-hybridized carbons (Fsp3) is 0.188. The van der Waals surface area contributed by atoms with Gasteiger partial charge < -0.3 is 10.1 Å². The molecule has 0 spiro atoms. The zero-order valence-corrected chi connectivity index (χ0v) is 12.1. The zero-order valence-electron chi connectivity index (χ0n) is 12.1. The maximum Gasteiger partial charge on any atom is 0.263 e. The molecule has 1 N–H and O–H groups in total. The number of halogens is 1. The van der Waals surface area contributed by atoms with E-state index in [1.807, 2.05) is 6.07 Å². The van der Waals surface area contributed by atoms with Crippen molar-refractivity contribution < 1.29 is 9.13 Å². The van der Waals surface area contributed by atoms with Crippen LogP contribution in [-0.4, -0.2) is 27.7 Å². The van der Waals surface area contributed by atoms with Crippen molar-refractivity contribution in [2.75, 3.05) is 18.5 Å². The summed E-state index contributed by atoms with van der Waals surface area (Å²) in [7, 11) is 0. The first-order valence-corrected chi connectivity index (χ1v) is 7.19. The molecule has 3 heterocycles. The molecule has 1 aliphatic heterocycles. The van der Waals surface area contributed by atoms with Crippen LogP contribution in [0.15, 0.2) is 47.5 Å². The molecule has 1 saturated heterocycles. The molecule has 0 unspecified atom stereocenters. The topological polar surface area (TPSA) is 69.0 Å². The summed E-state index contributed by atoms with van der Waals surface area (Å²) in [6, 6.07) is 7.51. The van der Waals surface area contributed by atoms with Crippen molar-refractivity contribution in [1.29, 1.82) is 0 Å². The van der Waals surface area contributed by atoms with Gasteiger partial charge in [-0.05, 0) is 30.3 Å². The number of ether oxygens (including phenoxy) is 1. The molecular formula is C16H13FN4O2. The third kappa shape index (κ3) is 2.44. The lowest BCUT2D eigenvalue weighted by Crippen LogP contribution is -2.39. The number of fused-ring (bicyclic) bond motifs is 1. The summed E-state index contributed by atoms with van der Waals surface area (Å²) in [4.78, 5) is 21.3. The van der Waals surface area contributed by atoms with Crippen LogP contribution >= 0.6 is 0 Å². The van der Waals surface area contributed by atoms with Crippen LogP contribution in [0.3, 0.4) is 0 Å². The second-order valence-electron chi connectivity index (χ2n) is 5.33. The lowest BCUT2D eigenvalue weighted by Gasteiger charge is -2.29. The third-order valence-corrected chi connectivity index (χ3v) is 3.77. The Morgan fingerprint density at radius 1 is 1.30 bits per heavy atom. The van der Waals surface area contributed by atoms with E-state index in [-0.39, 0.29) is 17.0 Å². The molecule has 7 heteroatoms. The third-order valence-electron chi connectivity index (χ3n) is 3.77. The van der Waals surface area contributed by atoms with Crippen LogP contribution in [0.2, 0.25) is 0 Å². The predicted octanol–water partition coefficient (Wildman–Crippen LogP) is 2.25. The molecule has 6 nitrogen and oxygen atoms in total. The highest BCUT2D eigenvalue weighted by atomic mass is 19.1. The van der Waals surface area contributed by atoms with E-state index >= 15 is 0 Å². The Labute approximate surface area is 130 Å². The maximum atomic E-state index is 13.5. The Balaban J connectivity index is 1.90.